The maximum atomic E-state index is 13.3. The summed E-state index contributed by atoms with van der Waals surface area (Å²) in [5.41, 5.74) is 6.31. The van der Waals surface area contributed by atoms with Gasteiger partial charge in [-0.15, -0.1) is 11.3 Å². The Kier molecular flexibility index (Phi) is 3.03. The summed E-state index contributed by atoms with van der Waals surface area (Å²) in [6, 6.07) is 8.43. The van der Waals surface area contributed by atoms with E-state index in [9.17, 15) is 4.39 Å². The quantitative estimate of drug-likeness (QED) is 0.826. The first-order valence-electron chi connectivity index (χ1n) is 4.62. The molecular weight excluding hydrogens is 247 g/mol. The van der Waals surface area contributed by atoms with E-state index in [0.29, 0.717) is 4.34 Å². The molecule has 0 saturated carbocycles. The van der Waals surface area contributed by atoms with Gasteiger partial charge >= 0.3 is 0 Å². The van der Waals surface area contributed by atoms with E-state index >= 15 is 0 Å². The Bertz CT molecular complexity index is 512. The van der Waals surface area contributed by atoms with Gasteiger partial charge in [0.2, 0.25) is 0 Å². The van der Waals surface area contributed by atoms with Gasteiger partial charge in [0.05, 0.1) is 15.0 Å². The third-order valence-corrected chi connectivity index (χ3v) is 3.57. The smallest absolute Gasteiger partial charge is 0.148 e. The molecule has 2 aromatic rings. The Hall–Kier alpha value is -1.26. The van der Waals surface area contributed by atoms with Gasteiger partial charge in [-0.2, -0.15) is 0 Å². The number of hydrogen-bond donors (Lipinski definition) is 1. The van der Waals surface area contributed by atoms with E-state index in [1.807, 2.05) is 24.1 Å². The van der Waals surface area contributed by atoms with Crippen LogP contribution in [-0.4, -0.2) is 7.05 Å². The van der Waals surface area contributed by atoms with Crippen LogP contribution in [0.25, 0.3) is 0 Å². The van der Waals surface area contributed by atoms with E-state index in [0.717, 1.165) is 10.7 Å². The predicted octanol–water partition coefficient (Wildman–Crippen LogP) is 3.89. The topological polar surface area (TPSA) is 29.3 Å². The first-order valence-corrected chi connectivity index (χ1v) is 5.81. The van der Waals surface area contributed by atoms with Gasteiger partial charge in [-0.1, -0.05) is 11.6 Å². The van der Waals surface area contributed by atoms with Gasteiger partial charge in [0.25, 0.3) is 0 Å². The zero-order valence-corrected chi connectivity index (χ0v) is 10.1. The molecule has 2 nitrogen and oxygen atoms in total. The average molecular weight is 257 g/mol. The monoisotopic (exact) mass is 256 g/mol. The van der Waals surface area contributed by atoms with E-state index in [1.54, 1.807) is 12.1 Å². The van der Waals surface area contributed by atoms with Crippen LogP contribution >= 0.6 is 22.9 Å². The van der Waals surface area contributed by atoms with Crippen molar-refractivity contribution in [2.45, 2.75) is 0 Å². The molecule has 0 unspecified atom stereocenters. The van der Waals surface area contributed by atoms with Crippen LogP contribution in [0.2, 0.25) is 4.34 Å². The zero-order chi connectivity index (χ0) is 11.7. The molecule has 0 saturated heterocycles. The number of rotatable bonds is 2. The second-order valence-corrected chi connectivity index (χ2v) is 5.04. The van der Waals surface area contributed by atoms with Crippen LogP contribution in [0.15, 0.2) is 30.3 Å². The van der Waals surface area contributed by atoms with Gasteiger partial charge in [0, 0.05) is 12.7 Å². The SMILES string of the molecule is CN(c1ccc(N)c(F)c1)c1ccc(Cl)s1. The van der Waals surface area contributed by atoms with Crippen LogP contribution in [0.5, 0.6) is 0 Å². The summed E-state index contributed by atoms with van der Waals surface area (Å²) in [6.07, 6.45) is 0. The summed E-state index contributed by atoms with van der Waals surface area (Å²) in [5, 5.41) is 0.953. The summed E-state index contributed by atoms with van der Waals surface area (Å²) in [5.74, 6) is -0.410. The maximum Gasteiger partial charge on any atom is 0.148 e. The summed E-state index contributed by atoms with van der Waals surface area (Å²) in [6.45, 7) is 0. The Morgan fingerprint density at radius 3 is 2.62 bits per heavy atom. The first kappa shape index (κ1) is 11.2. The fraction of sp³-hybridized carbons (Fsp3) is 0.0909. The number of nitrogen functional groups attached to an aromatic ring is 1. The standard InChI is InChI=1S/C11H10ClFN2S/c1-15(11-5-4-10(12)16-11)7-2-3-9(14)8(13)6-7/h2-6H,14H2,1H3. The van der Waals surface area contributed by atoms with Crippen molar-refractivity contribution in [1.82, 2.24) is 0 Å². The summed E-state index contributed by atoms with van der Waals surface area (Å²) in [7, 11) is 1.85. The molecular formula is C11H10ClFN2S. The van der Waals surface area contributed by atoms with Crippen molar-refractivity contribution in [3.8, 4) is 0 Å². The van der Waals surface area contributed by atoms with E-state index in [-0.39, 0.29) is 5.69 Å². The number of hydrogen-bond acceptors (Lipinski definition) is 3. The minimum atomic E-state index is -0.410. The zero-order valence-electron chi connectivity index (χ0n) is 8.58. The highest BCUT2D eigenvalue weighted by atomic mass is 35.5. The molecule has 0 bridgehead atoms. The summed E-state index contributed by atoms with van der Waals surface area (Å²) >= 11 is 7.28. The van der Waals surface area contributed by atoms with Crippen LogP contribution in [0, 0.1) is 5.82 Å². The van der Waals surface area contributed by atoms with Crippen molar-refractivity contribution < 1.29 is 4.39 Å². The van der Waals surface area contributed by atoms with Crippen molar-refractivity contribution in [3.05, 3.63) is 40.5 Å². The molecule has 2 rings (SSSR count). The van der Waals surface area contributed by atoms with Crippen LogP contribution in [0.1, 0.15) is 0 Å². The van der Waals surface area contributed by atoms with E-state index < -0.39 is 5.82 Å². The lowest BCUT2D eigenvalue weighted by Crippen LogP contribution is -2.08. The minimum absolute atomic E-state index is 0.154. The largest absolute Gasteiger partial charge is 0.396 e. The molecule has 0 aliphatic carbocycles. The molecule has 0 aliphatic rings. The highest BCUT2D eigenvalue weighted by Crippen LogP contribution is 2.33. The third kappa shape index (κ3) is 2.13. The molecule has 0 radical (unpaired) electrons. The molecule has 0 spiro atoms. The first-order chi connectivity index (χ1) is 7.58. The van der Waals surface area contributed by atoms with Crippen molar-refractivity contribution in [3.63, 3.8) is 0 Å². The molecule has 0 atom stereocenters. The van der Waals surface area contributed by atoms with Gasteiger partial charge in [0.15, 0.2) is 0 Å². The molecule has 1 aromatic heterocycles. The Labute approximate surface area is 102 Å². The second-order valence-electron chi connectivity index (χ2n) is 3.34. The molecule has 0 fully saturated rings. The molecule has 1 aromatic carbocycles. The van der Waals surface area contributed by atoms with Crippen molar-refractivity contribution in [2.75, 3.05) is 17.7 Å². The molecule has 1 heterocycles. The Morgan fingerprint density at radius 2 is 2.06 bits per heavy atom. The van der Waals surface area contributed by atoms with Crippen LogP contribution < -0.4 is 10.6 Å². The van der Waals surface area contributed by atoms with Gasteiger partial charge in [-0.3, -0.25) is 0 Å². The van der Waals surface area contributed by atoms with Crippen molar-refractivity contribution in [2.24, 2.45) is 0 Å². The van der Waals surface area contributed by atoms with Crippen molar-refractivity contribution >= 4 is 39.3 Å². The molecule has 84 valence electrons. The molecule has 0 aliphatic heterocycles. The van der Waals surface area contributed by atoms with Crippen LogP contribution in [-0.2, 0) is 0 Å². The van der Waals surface area contributed by atoms with E-state index in [2.05, 4.69) is 0 Å². The van der Waals surface area contributed by atoms with E-state index in [1.165, 1.54) is 17.4 Å². The molecule has 5 heteroatoms. The normalized spacial score (nSPS) is 10.4. The lowest BCUT2D eigenvalue weighted by Gasteiger charge is -2.17. The number of nitrogens with two attached hydrogens (primary N) is 1. The fourth-order valence-corrected chi connectivity index (χ4v) is 2.35. The Balaban J connectivity index is 2.33. The molecule has 0 amide bonds. The average Bonchev–Trinajstić information content (AvgIpc) is 2.68. The van der Waals surface area contributed by atoms with Gasteiger partial charge < -0.3 is 10.6 Å². The highest BCUT2D eigenvalue weighted by Gasteiger charge is 2.08. The predicted molar refractivity (Wildman–Crippen MR) is 68.2 cm³/mol. The Morgan fingerprint density at radius 1 is 1.31 bits per heavy atom. The van der Waals surface area contributed by atoms with E-state index in [4.69, 9.17) is 17.3 Å². The lowest BCUT2D eigenvalue weighted by molar-refractivity contribution is 0.632. The molecule has 2 N–H and O–H groups in total. The minimum Gasteiger partial charge on any atom is -0.396 e. The number of thiophene rings is 1. The number of anilines is 3. The van der Waals surface area contributed by atoms with Gasteiger partial charge in [0.1, 0.15) is 5.82 Å². The third-order valence-electron chi connectivity index (χ3n) is 2.26. The van der Waals surface area contributed by atoms with Gasteiger partial charge in [-0.05, 0) is 30.3 Å². The van der Waals surface area contributed by atoms with Crippen molar-refractivity contribution in [1.29, 1.82) is 0 Å². The number of nitrogens with zero attached hydrogens (tertiary/aromatic N) is 1. The maximum absolute atomic E-state index is 13.3. The number of halogens is 2. The van der Waals surface area contributed by atoms with Crippen LogP contribution in [0.3, 0.4) is 0 Å². The van der Waals surface area contributed by atoms with Crippen LogP contribution in [0.4, 0.5) is 20.8 Å². The fourth-order valence-electron chi connectivity index (χ4n) is 1.34. The highest BCUT2D eigenvalue weighted by molar-refractivity contribution is 7.20. The summed E-state index contributed by atoms with van der Waals surface area (Å²) < 4.78 is 14.0. The lowest BCUT2D eigenvalue weighted by atomic mass is 10.2. The second kappa shape index (κ2) is 4.31. The molecule has 16 heavy (non-hydrogen) atoms. The number of benzene rings is 1. The summed E-state index contributed by atoms with van der Waals surface area (Å²) in [4.78, 5) is 1.86. The van der Waals surface area contributed by atoms with Gasteiger partial charge in [-0.25, -0.2) is 4.39 Å².